The van der Waals surface area contributed by atoms with Crippen LogP contribution in [0.1, 0.15) is 43.6 Å². The number of nitrogens with one attached hydrogen (secondary N) is 1. The summed E-state index contributed by atoms with van der Waals surface area (Å²) in [6.45, 7) is 5.17. The van der Waals surface area contributed by atoms with Crippen LogP contribution in [0.15, 0.2) is 16.7 Å². The predicted molar refractivity (Wildman–Crippen MR) is 62.5 cm³/mol. The molecule has 0 aliphatic rings. The highest BCUT2D eigenvalue weighted by Crippen LogP contribution is 2.22. The molecule has 0 aliphatic carbocycles. The van der Waals surface area contributed by atoms with Crippen LogP contribution in [0.5, 0.6) is 0 Å². The lowest BCUT2D eigenvalue weighted by molar-refractivity contribution is 0.480. The summed E-state index contributed by atoms with van der Waals surface area (Å²) in [5, 5.41) is 3.49. The van der Waals surface area contributed by atoms with E-state index in [1.807, 2.05) is 13.0 Å². The summed E-state index contributed by atoms with van der Waals surface area (Å²) in [6, 6.07) is 2.36. The zero-order valence-electron chi connectivity index (χ0n) is 9.55. The van der Waals surface area contributed by atoms with Crippen molar-refractivity contribution >= 4 is 0 Å². The molecule has 2 heteroatoms. The van der Waals surface area contributed by atoms with E-state index in [1.54, 1.807) is 6.26 Å². The van der Waals surface area contributed by atoms with Crippen molar-refractivity contribution in [3.63, 3.8) is 0 Å². The lowest BCUT2D eigenvalue weighted by atomic mass is 10.0. The molecule has 0 saturated heterocycles. The molecule has 1 unspecified atom stereocenters. The van der Waals surface area contributed by atoms with Gasteiger partial charge in [-0.2, -0.15) is 0 Å². The third-order valence-corrected chi connectivity index (χ3v) is 2.49. The molecule has 0 radical (unpaired) electrons. The maximum atomic E-state index is 5.31. The smallest absolute Gasteiger partial charge is 0.105 e. The van der Waals surface area contributed by atoms with Crippen molar-refractivity contribution in [3.05, 3.63) is 23.7 Å². The molecule has 82 valence electrons. The summed E-state index contributed by atoms with van der Waals surface area (Å²) in [6.07, 6.45) is 9.93. The van der Waals surface area contributed by atoms with Gasteiger partial charge in [-0.1, -0.05) is 6.92 Å². The number of rotatable bonds is 6. The number of aryl methyl sites for hydroxylation is 1. The fourth-order valence-electron chi connectivity index (χ4n) is 1.67. The van der Waals surface area contributed by atoms with Gasteiger partial charge in [0.25, 0.3) is 0 Å². The first-order valence-corrected chi connectivity index (χ1v) is 5.50. The topological polar surface area (TPSA) is 25.2 Å². The Kier molecular flexibility index (Phi) is 5.00. The van der Waals surface area contributed by atoms with Gasteiger partial charge in [-0.25, -0.2) is 0 Å². The van der Waals surface area contributed by atoms with Crippen molar-refractivity contribution in [1.29, 1.82) is 0 Å². The molecule has 0 spiro atoms. The first-order valence-electron chi connectivity index (χ1n) is 5.50. The highest BCUT2D eigenvalue weighted by molar-refractivity contribution is 5.20. The first kappa shape index (κ1) is 11.9. The number of terminal acetylenes is 1. The molecule has 1 atom stereocenters. The average molecular weight is 205 g/mol. The minimum absolute atomic E-state index is 0.333. The van der Waals surface area contributed by atoms with Crippen LogP contribution in [0, 0.1) is 19.3 Å². The van der Waals surface area contributed by atoms with Gasteiger partial charge in [-0.15, -0.1) is 12.3 Å². The third-order valence-electron chi connectivity index (χ3n) is 2.49. The van der Waals surface area contributed by atoms with Gasteiger partial charge >= 0.3 is 0 Å². The molecule has 0 saturated carbocycles. The van der Waals surface area contributed by atoms with E-state index in [4.69, 9.17) is 10.8 Å². The Morgan fingerprint density at radius 1 is 1.60 bits per heavy atom. The van der Waals surface area contributed by atoms with E-state index in [9.17, 15) is 0 Å². The van der Waals surface area contributed by atoms with Crippen molar-refractivity contribution in [3.8, 4) is 12.3 Å². The number of hydrogen-bond donors (Lipinski definition) is 1. The van der Waals surface area contributed by atoms with Crippen LogP contribution >= 0.6 is 0 Å². The highest BCUT2D eigenvalue weighted by Gasteiger charge is 2.13. The highest BCUT2D eigenvalue weighted by atomic mass is 16.3. The zero-order chi connectivity index (χ0) is 11.1. The van der Waals surface area contributed by atoms with Crippen molar-refractivity contribution in [2.75, 3.05) is 6.54 Å². The normalized spacial score (nSPS) is 12.3. The monoisotopic (exact) mass is 205 g/mol. The molecule has 1 heterocycles. The van der Waals surface area contributed by atoms with Gasteiger partial charge in [0.2, 0.25) is 0 Å². The fourth-order valence-corrected chi connectivity index (χ4v) is 1.67. The Morgan fingerprint density at radius 3 is 2.93 bits per heavy atom. The van der Waals surface area contributed by atoms with Gasteiger partial charge in [-0.05, 0) is 32.4 Å². The standard InChI is InChI=1S/C13H19NO/c1-4-6-7-13(14-9-5-2)12-8-10-15-11(12)3/h1,8,10,13-14H,5-7,9H2,2-3H3. The molecule has 1 aromatic rings. The molecule has 0 bridgehead atoms. The molecule has 1 rings (SSSR count). The van der Waals surface area contributed by atoms with Gasteiger partial charge in [-0.3, -0.25) is 0 Å². The largest absolute Gasteiger partial charge is 0.469 e. The van der Waals surface area contributed by atoms with Gasteiger partial charge in [0, 0.05) is 18.0 Å². The summed E-state index contributed by atoms with van der Waals surface area (Å²) in [4.78, 5) is 0. The summed E-state index contributed by atoms with van der Waals surface area (Å²) in [7, 11) is 0. The minimum Gasteiger partial charge on any atom is -0.469 e. The molecule has 0 aromatic carbocycles. The van der Waals surface area contributed by atoms with E-state index < -0.39 is 0 Å². The van der Waals surface area contributed by atoms with E-state index in [0.717, 1.165) is 31.6 Å². The second-order valence-corrected chi connectivity index (χ2v) is 3.68. The predicted octanol–water partition coefficient (Wildman–Crippen LogP) is 3.04. The van der Waals surface area contributed by atoms with E-state index in [-0.39, 0.29) is 0 Å². The quantitative estimate of drug-likeness (QED) is 0.722. The Bertz CT molecular complexity index is 322. The molecule has 0 amide bonds. The maximum Gasteiger partial charge on any atom is 0.105 e. The molecule has 0 fully saturated rings. The molecule has 0 aliphatic heterocycles. The fraction of sp³-hybridized carbons (Fsp3) is 0.538. The van der Waals surface area contributed by atoms with Crippen LogP contribution in [0.25, 0.3) is 0 Å². The lowest BCUT2D eigenvalue weighted by Crippen LogP contribution is -2.22. The molecular formula is C13H19NO. The van der Waals surface area contributed by atoms with E-state index in [1.165, 1.54) is 5.56 Å². The third kappa shape index (κ3) is 3.45. The maximum absolute atomic E-state index is 5.31. The van der Waals surface area contributed by atoms with Crippen LogP contribution in [-0.2, 0) is 0 Å². The molecular weight excluding hydrogens is 186 g/mol. The van der Waals surface area contributed by atoms with E-state index >= 15 is 0 Å². The van der Waals surface area contributed by atoms with Crippen LogP contribution < -0.4 is 5.32 Å². The molecule has 15 heavy (non-hydrogen) atoms. The number of furan rings is 1. The number of hydrogen-bond acceptors (Lipinski definition) is 2. The van der Waals surface area contributed by atoms with Crippen LogP contribution in [0.2, 0.25) is 0 Å². The Balaban J connectivity index is 2.63. The molecule has 1 N–H and O–H groups in total. The Labute approximate surface area is 92.1 Å². The van der Waals surface area contributed by atoms with Crippen molar-refractivity contribution < 1.29 is 4.42 Å². The summed E-state index contributed by atoms with van der Waals surface area (Å²) < 4.78 is 5.31. The van der Waals surface area contributed by atoms with Crippen molar-refractivity contribution in [2.45, 2.75) is 39.2 Å². The molecule has 1 aromatic heterocycles. The van der Waals surface area contributed by atoms with Crippen LogP contribution in [0.3, 0.4) is 0 Å². The zero-order valence-corrected chi connectivity index (χ0v) is 9.55. The Morgan fingerprint density at radius 2 is 2.40 bits per heavy atom. The van der Waals surface area contributed by atoms with Gasteiger partial charge in [0.15, 0.2) is 0 Å². The minimum atomic E-state index is 0.333. The van der Waals surface area contributed by atoms with Gasteiger partial charge in [0.05, 0.1) is 6.26 Å². The average Bonchev–Trinajstić information content (AvgIpc) is 2.65. The first-order chi connectivity index (χ1) is 7.29. The Hall–Kier alpha value is -1.20. The van der Waals surface area contributed by atoms with Crippen molar-refractivity contribution in [1.82, 2.24) is 5.32 Å². The molecule has 2 nitrogen and oxygen atoms in total. The van der Waals surface area contributed by atoms with Crippen molar-refractivity contribution in [2.24, 2.45) is 0 Å². The summed E-state index contributed by atoms with van der Waals surface area (Å²) in [5.74, 6) is 3.67. The van der Waals surface area contributed by atoms with E-state index in [2.05, 4.69) is 18.2 Å². The second-order valence-electron chi connectivity index (χ2n) is 3.68. The van der Waals surface area contributed by atoms with Crippen LogP contribution in [0.4, 0.5) is 0 Å². The van der Waals surface area contributed by atoms with Gasteiger partial charge < -0.3 is 9.73 Å². The summed E-state index contributed by atoms with van der Waals surface area (Å²) in [5.41, 5.74) is 1.23. The van der Waals surface area contributed by atoms with E-state index in [0.29, 0.717) is 6.04 Å². The van der Waals surface area contributed by atoms with Gasteiger partial charge in [0.1, 0.15) is 5.76 Å². The second kappa shape index (κ2) is 6.31. The lowest BCUT2D eigenvalue weighted by Gasteiger charge is -2.16. The SMILES string of the molecule is C#CCCC(NCCC)c1ccoc1C. The van der Waals surface area contributed by atoms with Crippen LogP contribution in [-0.4, -0.2) is 6.54 Å². The summed E-state index contributed by atoms with van der Waals surface area (Å²) >= 11 is 0.